The monoisotopic (exact) mass is 261 g/mol. The van der Waals surface area contributed by atoms with Gasteiger partial charge in [0, 0.05) is 0 Å². The summed E-state index contributed by atoms with van der Waals surface area (Å²) in [7, 11) is 0. The van der Waals surface area contributed by atoms with Crippen molar-refractivity contribution in [1.29, 1.82) is 0 Å². The number of aryl methyl sites for hydroxylation is 1. The molecule has 0 bridgehead atoms. The van der Waals surface area contributed by atoms with Gasteiger partial charge in [-0.25, -0.2) is 0 Å². The molecule has 0 unspecified atom stereocenters. The Balaban J connectivity index is 0.000000310. The van der Waals surface area contributed by atoms with E-state index >= 15 is 0 Å². The molecule has 0 spiro atoms. The molecular weight excluding hydrogens is 252 g/mol. The van der Waals surface area contributed by atoms with Crippen molar-refractivity contribution in [1.82, 2.24) is 0 Å². The van der Waals surface area contributed by atoms with Crippen LogP contribution in [0.3, 0.4) is 0 Å². The van der Waals surface area contributed by atoms with Gasteiger partial charge in [-0.1, -0.05) is 4.32 Å². The van der Waals surface area contributed by atoms with Crippen molar-refractivity contribution in [3.8, 4) is 0 Å². The van der Waals surface area contributed by atoms with E-state index in [0.717, 1.165) is 0 Å². The van der Waals surface area contributed by atoms with Crippen molar-refractivity contribution < 1.29 is 18.3 Å². The first kappa shape index (κ1) is 13.0. The Morgan fingerprint density at radius 1 is 1.46 bits per heavy atom. The molecule has 0 atom stereocenters. The molecule has 0 heterocycles. The Morgan fingerprint density at radius 3 is 2.23 bits per heavy atom. The van der Waals surface area contributed by atoms with Crippen LogP contribution in [0.4, 0.5) is 0 Å². The van der Waals surface area contributed by atoms with Crippen LogP contribution in [0.25, 0.3) is 0 Å². The van der Waals surface area contributed by atoms with Crippen molar-refractivity contribution in [3.63, 3.8) is 0 Å². The van der Waals surface area contributed by atoms with Crippen molar-refractivity contribution in [2.24, 2.45) is 5.73 Å². The summed E-state index contributed by atoms with van der Waals surface area (Å²) < 4.78 is 1.59. The molecule has 2 N–H and O–H groups in total. The maximum Gasteiger partial charge on any atom is -0.0708 e. The normalized spacial score (nSPS) is 8.62. The Kier molecular flexibility index (Phi) is 6.39. The van der Waals surface area contributed by atoms with E-state index in [2.05, 4.69) is 62.6 Å². The zero-order valence-corrected chi connectivity index (χ0v) is 12.4. The second kappa shape index (κ2) is 6.41. The fraction of sp³-hybridized carbons (Fsp3) is 0.222. The summed E-state index contributed by atoms with van der Waals surface area (Å²) in [5.74, 6) is 0. The second-order valence-electron chi connectivity index (χ2n) is 2.68. The summed E-state index contributed by atoms with van der Waals surface area (Å²) in [5.41, 5.74) is 7.54. The minimum absolute atomic E-state index is 0.0833. The van der Waals surface area contributed by atoms with Crippen molar-refractivity contribution in [2.75, 3.05) is 0 Å². The van der Waals surface area contributed by atoms with Crippen LogP contribution in [0.15, 0.2) is 18.2 Å². The van der Waals surface area contributed by atoms with Crippen LogP contribution in [0.1, 0.15) is 11.1 Å². The third-order valence-corrected chi connectivity index (χ3v) is 3.32. The van der Waals surface area contributed by atoms with E-state index in [4.69, 9.17) is 0 Å². The predicted molar refractivity (Wildman–Crippen MR) is 59.7 cm³/mol. The molecule has 0 radical (unpaired) electrons. The first-order valence-electron chi connectivity index (χ1n) is 3.79. The quantitative estimate of drug-likeness (QED) is 0.433. The molecule has 0 aromatic heterocycles. The summed E-state index contributed by atoms with van der Waals surface area (Å²) >= 11 is 9.53. The van der Waals surface area contributed by atoms with E-state index < -0.39 is 0 Å². The molecule has 0 saturated heterocycles. The summed E-state index contributed by atoms with van der Waals surface area (Å²) in [5, 5.41) is 0. The van der Waals surface area contributed by atoms with E-state index in [1.165, 1.54) is 33.6 Å². The third-order valence-electron chi connectivity index (χ3n) is 1.72. The number of benzene rings is 1. The molecule has 4 heteroatoms. The van der Waals surface area contributed by atoms with Crippen molar-refractivity contribution in [3.05, 3.63) is 29.3 Å². The molecule has 1 aromatic rings. The molecule has 0 fully saturated rings. The molecule has 0 aliphatic carbocycles. The van der Waals surface area contributed by atoms with Crippen LogP contribution in [0.5, 0.6) is 0 Å². The van der Waals surface area contributed by atoms with Crippen LogP contribution in [-0.2, 0) is 30.9 Å². The van der Waals surface area contributed by atoms with Crippen LogP contribution in [-0.4, -0.2) is 4.32 Å². The standard InChI is InChI=1S/C8H9.CH3NS2.Zn/c1-7-5-3-4-6-8(7)2;2-1(3)4;/h3-5H,1-2H3;(H3,2,3,4);/q;;+1/p-1. The van der Waals surface area contributed by atoms with Crippen LogP contribution in [0, 0.1) is 13.8 Å². The molecular formula is C9H11NS2Zn. The molecule has 13 heavy (non-hydrogen) atoms. The third kappa shape index (κ3) is 6.08. The van der Waals surface area contributed by atoms with Gasteiger partial charge in [0.1, 0.15) is 0 Å². The first-order valence-corrected chi connectivity index (χ1v) is 6.09. The fourth-order valence-corrected chi connectivity index (χ4v) is 1.68. The Hall–Kier alpha value is -0.0466. The number of hydrogen-bond donors (Lipinski definition) is 1. The van der Waals surface area contributed by atoms with Gasteiger partial charge in [0.15, 0.2) is 0 Å². The number of hydrogen-bond acceptors (Lipinski definition) is 2. The van der Waals surface area contributed by atoms with Crippen molar-refractivity contribution >= 4 is 33.3 Å². The minimum Gasteiger partial charge on any atom is -0.415 e. The Labute approximate surface area is 100 Å². The van der Waals surface area contributed by atoms with Gasteiger partial charge in [0.05, 0.1) is 0 Å². The maximum atomic E-state index is 4.66. The smallest absolute Gasteiger partial charge is 0.0708 e. The molecule has 0 aliphatic heterocycles. The average molecular weight is 263 g/mol. The molecule has 0 amide bonds. The van der Waals surface area contributed by atoms with E-state index in [1.807, 2.05) is 0 Å². The molecule has 1 aromatic carbocycles. The topological polar surface area (TPSA) is 26.0 Å². The number of thiocarbonyl (C=S) groups is 1. The average Bonchev–Trinajstić information content (AvgIpc) is 1.99. The van der Waals surface area contributed by atoms with E-state index in [9.17, 15) is 0 Å². The van der Waals surface area contributed by atoms with Crippen LogP contribution < -0.4 is 9.89 Å². The van der Waals surface area contributed by atoms with Gasteiger partial charge >= 0.3 is 65.6 Å². The summed E-state index contributed by atoms with van der Waals surface area (Å²) in [6.07, 6.45) is 0. The summed E-state index contributed by atoms with van der Waals surface area (Å²) in [6, 6.07) is 6.48. The SMILES string of the molecule is Cc1ccc[c]([Zn+])c1C.NC(=S)[S-]. The van der Waals surface area contributed by atoms with Gasteiger partial charge in [-0.3, -0.25) is 0 Å². The van der Waals surface area contributed by atoms with Gasteiger partial charge in [-0.15, -0.1) is 0 Å². The van der Waals surface area contributed by atoms with Gasteiger partial charge < -0.3 is 30.6 Å². The van der Waals surface area contributed by atoms with Gasteiger partial charge in [-0.2, -0.15) is 0 Å². The Bertz CT molecular complexity index is 275. The molecule has 66 valence electrons. The Morgan fingerprint density at radius 2 is 1.92 bits per heavy atom. The zero-order chi connectivity index (χ0) is 10.4. The van der Waals surface area contributed by atoms with E-state index in [1.54, 1.807) is 0 Å². The largest absolute Gasteiger partial charge is 0.415 e. The summed E-state index contributed by atoms with van der Waals surface area (Å²) in [6.45, 7) is 4.35. The van der Waals surface area contributed by atoms with Crippen LogP contribution in [0.2, 0.25) is 0 Å². The van der Waals surface area contributed by atoms with E-state index in [0.29, 0.717) is 0 Å². The number of nitrogens with two attached hydrogens (primary N) is 1. The minimum atomic E-state index is 0.0833. The molecule has 0 saturated carbocycles. The molecule has 1 rings (SSSR count). The number of rotatable bonds is 0. The fourth-order valence-electron chi connectivity index (χ4n) is 0.812. The van der Waals surface area contributed by atoms with Crippen molar-refractivity contribution in [2.45, 2.75) is 13.8 Å². The van der Waals surface area contributed by atoms with Gasteiger partial charge in [-0.05, 0) is 0 Å². The molecule has 1 nitrogen and oxygen atoms in total. The van der Waals surface area contributed by atoms with Gasteiger partial charge in [0.25, 0.3) is 0 Å². The first-order chi connectivity index (χ1) is 5.95. The van der Waals surface area contributed by atoms with Crippen LogP contribution >= 0.6 is 12.2 Å². The predicted octanol–water partition coefficient (Wildman–Crippen LogP) is 1.25. The zero-order valence-electron chi connectivity index (χ0n) is 7.83. The second-order valence-corrected chi connectivity index (χ2v) is 5.41. The maximum absolute atomic E-state index is 4.66. The molecule has 0 aliphatic rings. The summed E-state index contributed by atoms with van der Waals surface area (Å²) in [4.78, 5) is 0. The van der Waals surface area contributed by atoms with E-state index in [-0.39, 0.29) is 4.32 Å². The van der Waals surface area contributed by atoms with Gasteiger partial charge in [0.2, 0.25) is 0 Å².